The zero-order valence-electron chi connectivity index (χ0n) is 15.3. The molecular formula is C19H19ClF2N2O4S. The molecule has 1 saturated heterocycles. The van der Waals surface area contributed by atoms with Crippen molar-refractivity contribution in [3.05, 3.63) is 53.1 Å². The molecule has 2 aromatic rings. The first-order valence-corrected chi connectivity index (χ1v) is 10.8. The normalized spacial score (nSPS) is 15.3. The van der Waals surface area contributed by atoms with Crippen molar-refractivity contribution in [1.82, 2.24) is 4.31 Å². The third-order valence-corrected chi connectivity index (χ3v) is 6.72. The molecule has 0 spiro atoms. The number of anilines is 1. The van der Waals surface area contributed by atoms with Gasteiger partial charge in [0.25, 0.3) is 5.91 Å². The van der Waals surface area contributed by atoms with Crippen molar-refractivity contribution in [2.45, 2.75) is 30.8 Å². The van der Waals surface area contributed by atoms with Crippen LogP contribution in [0.25, 0.3) is 0 Å². The Morgan fingerprint density at radius 1 is 1.10 bits per heavy atom. The lowest BCUT2D eigenvalue weighted by Crippen LogP contribution is -2.36. The first-order valence-electron chi connectivity index (χ1n) is 8.94. The highest BCUT2D eigenvalue weighted by molar-refractivity contribution is 7.89. The molecule has 3 rings (SSSR count). The van der Waals surface area contributed by atoms with Crippen LogP contribution in [-0.2, 0) is 10.0 Å². The molecule has 156 valence electrons. The van der Waals surface area contributed by atoms with E-state index in [0.29, 0.717) is 13.1 Å². The topological polar surface area (TPSA) is 75.7 Å². The molecule has 0 saturated carbocycles. The zero-order chi connectivity index (χ0) is 21.0. The number of ether oxygens (including phenoxy) is 1. The van der Waals surface area contributed by atoms with Gasteiger partial charge in [-0.1, -0.05) is 30.2 Å². The molecule has 2 aromatic carbocycles. The van der Waals surface area contributed by atoms with E-state index in [-0.39, 0.29) is 26.9 Å². The Balaban J connectivity index is 1.84. The van der Waals surface area contributed by atoms with Crippen LogP contribution in [0.1, 0.15) is 29.6 Å². The Labute approximate surface area is 172 Å². The number of hydrogen-bond acceptors (Lipinski definition) is 4. The maximum Gasteiger partial charge on any atom is 0.387 e. The van der Waals surface area contributed by atoms with Gasteiger partial charge in [-0.3, -0.25) is 4.79 Å². The lowest BCUT2D eigenvalue weighted by molar-refractivity contribution is -0.0497. The molecule has 1 aliphatic heterocycles. The highest BCUT2D eigenvalue weighted by Gasteiger charge is 2.29. The summed E-state index contributed by atoms with van der Waals surface area (Å²) in [6.45, 7) is -2.20. The van der Waals surface area contributed by atoms with Crippen LogP contribution in [0, 0.1) is 0 Å². The summed E-state index contributed by atoms with van der Waals surface area (Å²) in [5.74, 6) is -0.882. The minimum atomic E-state index is -3.82. The zero-order valence-corrected chi connectivity index (χ0v) is 16.8. The van der Waals surface area contributed by atoms with Crippen LogP contribution in [0.5, 0.6) is 5.75 Å². The fraction of sp³-hybridized carbons (Fsp3) is 0.316. The van der Waals surface area contributed by atoms with Gasteiger partial charge < -0.3 is 10.1 Å². The number of amides is 1. The summed E-state index contributed by atoms with van der Waals surface area (Å²) in [7, 11) is -3.82. The molecule has 29 heavy (non-hydrogen) atoms. The average Bonchev–Trinajstić information content (AvgIpc) is 2.70. The SMILES string of the molecule is O=C(Nc1ccc(OC(F)F)c(Cl)c1)c1ccccc1S(=O)(=O)N1CCCCC1. The standard InChI is InChI=1S/C19H19ClF2N2O4S/c20-15-12-13(8-9-16(15)28-19(21)22)23-18(25)14-6-2-3-7-17(14)29(26,27)24-10-4-1-5-11-24/h2-3,6-9,12,19H,1,4-5,10-11H2,(H,23,25). The molecule has 0 unspecified atom stereocenters. The Kier molecular flexibility index (Phi) is 6.71. The van der Waals surface area contributed by atoms with Gasteiger partial charge in [-0.15, -0.1) is 0 Å². The summed E-state index contributed by atoms with van der Waals surface area (Å²) in [5, 5.41) is 2.43. The molecule has 1 aliphatic rings. The van der Waals surface area contributed by atoms with Crippen LogP contribution in [0.15, 0.2) is 47.4 Å². The van der Waals surface area contributed by atoms with Gasteiger partial charge in [-0.05, 0) is 43.2 Å². The van der Waals surface area contributed by atoms with Crippen molar-refractivity contribution in [2.75, 3.05) is 18.4 Å². The Morgan fingerprint density at radius 3 is 2.45 bits per heavy atom. The number of hydrogen-bond donors (Lipinski definition) is 1. The number of halogens is 3. The van der Waals surface area contributed by atoms with Crippen LogP contribution in [-0.4, -0.2) is 38.3 Å². The fourth-order valence-electron chi connectivity index (χ4n) is 3.09. The van der Waals surface area contributed by atoms with Crippen molar-refractivity contribution in [2.24, 2.45) is 0 Å². The molecular weight excluding hydrogens is 426 g/mol. The highest BCUT2D eigenvalue weighted by Crippen LogP contribution is 2.30. The maximum atomic E-state index is 13.0. The lowest BCUT2D eigenvalue weighted by atomic mass is 10.2. The van der Waals surface area contributed by atoms with Crippen molar-refractivity contribution in [3.8, 4) is 5.75 Å². The number of rotatable bonds is 6. The number of benzene rings is 2. The van der Waals surface area contributed by atoms with E-state index in [1.165, 1.54) is 34.6 Å². The van der Waals surface area contributed by atoms with Crippen LogP contribution in [0.4, 0.5) is 14.5 Å². The molecule has 0 bridgehead atoms. The van der Waals surface area contributed by atoms with E-state index in [9.17, 15) is 22.0 Å². The van der Waals surface area contributed by atoms with Gasteiger partial charge in [0, 0.05) is 18.8 Å². The fourth-order valence-corrected chi connectivity index (χ4v) is 5.02. The van der Waals surface area contributed by atoms with Gasteiger partial charge >= 0.3 is 6.61 Å². The third-order valence-electron chi connectivity index (χ3n) is 4.47. The largest absolute Gasteiger partial charge is 0.433 e. The molecule has 1 fully saturated rings. The number of piperidine rings is 1. The summed E-state index contributed by atoms with van der Waals surface area (Å²) in [5.41, 5.74) is 0.203. The van der Waals surface area contributed by atoms with Gasteiger partial charge in [-0.25, -0.2) is 8.42 Å². The molecule has 0 aliphatic carbocycles. The van der Waals surface area contributed by atoms with E-state index in [2.05, 4.69) is 10.1 Å². The quantitative estimate of drug-likeness (QED) is 0.717. The second kappa shape index (κ2) is 9.06. The first-order chi connectivity index (χ1) is 13.8. The lowest BCUT2D eigenvalue weighted by Gasteiger charge is -2.26. The molecule has 0 radical (unpaired) electrons. The van der Waals surface area contributed by atoms with Crippen LogP contribution >= 0.6 is 11.6 Å². The number of alkyl halides is 2. The highest BCUT2D eigenvalue weighted by atomic mass is 35.5. The summed E-state index contributed by atoms with van der Waals surface area (Å²) >= 11 is 5.90. The van der Waals surface area contributed by atoms with Gasteiger partial charge in [0.15, 0.2) is 0 Å². The van der Waals surface area contributed by atoms with Gasteiger partial charge in [-0.2, -0.15) is 13.1 Å². The third kappa shape index (κ3) is 5.04. The summed E-state index contributed by atoms with van der Waals surface area (Å²) in [6, 6.07) is 9.72. The van der Waals surface area contributed by atoms with E-state index >= 15 is 0 Å². The van der Waals surface area contributed by atoms with Crippen molar-refractivity contribution >= 4 is 33.2 Å². The summed E-state index contributed by atoms with van der Waals surface area (Å²) in [4.78, 5) is 12.7. The smallest absolute Gasteiger partial charge is 0.387 e. The predicted octanol–water partition coefficient (Wildman–Crippen LogP) is 4.37. The van der Waals surface area contributed by atoms with Crippen LogP contribution < -0.4 is 10.1 Å². The number of carbonyl (C=O) groups excluding carboxylic acids is 1. The second-order valence-corrected chi connectivity index (χ2v) is 8.75. The number of carbonyl (C=O) groups is 1. The van der Waals surface area contributed by atoms with E-state index in [1.807, 2.05) is 0 Å². The summed E-state index contributed by atoms with van der Waals surface area (Å²) in [6.07, 6.45) is 2.53. The van der Waals surface area contributed by atoms with Crippen molar-refractivity contribution in [1.29, 1.82) is 0 Å². The first kappa shape index (κ1) is 21.5. The minimum Gasteiger partial charge on any atom is -0.433 e. The monoisotopic (exact) mass is 444 g/mol. The summed E-state index contributed by atoms with van der Waals surface area (Å²) < 4.78 is 56.3. The molecule has 6 nitrogen and oxygen atoms in total. The molecule has 1 N–H and O–H groups in total. The Morgan fingerprint density at radius 2 is 1.79 bits per heavy atom. The molecule has 1 heterocycles. The average molecular weight is 445 g/mol. The molecule has 1 amide bonds. The van der Waals surface area contributed by atoms with Crippen molar-refractivity contribution in [3.63, 3.8) is 0 Å². The van der Waals surface area contributed by atoms with Crippen molar-refractivity contribution < 1.29 is 26.7 Å². The van der Waals surface area contributed by atoms with E-state index < -0.39 is 22.5 Å². The van der Waals surface area contributed by atoms with E-state index in [0.717, 1.165) is 19.3 Å². The maximum absolute atomic E-state index is 13.0. The van der Waals surface area contributed by atoms with Crippen LogP contribution in [0.3, 0.4) is 0 Å². The van der Waals surface area contributed by atoms with Gasteiger partial charge in [0.1, 0.15) is 5.75 Å². The molecule has 10 heteroatoms. The van der Waals surface area contributed by atoms with E-state index in [1.54, 1.807) is 12.1 Å². The number of nitrogens with zero attached hydrogens (tertiary/aromatic N) is 1. The minimum absolute atomic E-state index is 0.0119. The Hall–Kier alpha value is -2.23. The molecule has 0 aromatic heterocycles. The molecule has 0 atom stereocenters. The van der Waals surface area contributed by atoms with Crippen LogP contribution in [0.2, 0.25) is 5.02 Å². The van der Waals surface area contributed by atoms with Gasteiger partial charge in [0.05, 0.1) is 15.5 Å². The van der Waals surface area contributed by atoms with Gasteiger partial charge in [0.2, 0.25) is 10.0 Å². The van der Waals surface area contributed by atoms with E-state index in [4.69, 9.17) is 11.6 Å². The predicted molar refractivity (Wildman–Crippen MR) is 105 cm³/mol. The second-order valence-electron chi connectivity index (χ2n) is 6.44. The number of sulfonamides is 1. The Bertz CT molecular complexity index is 995. The number of nitrogens with one attached hydrogen (secondary N) is 1.